The van der Waals surface area contributed by atoms with Gasteiger partial charge in [0.15, 0.2) is 5.69 Å². The molecule has 1 aromatic heterocycles. The van der Waals surface area contributed by atoms with E-state index in [1.54, 1.807) is 37.3 Å². The lowest BCUT2D eigenvalue weighted by Gasteiger charge is -2.29. The van der Waals surface area contributed by atoms with Crippen LogP contribution >= 0.6 is 7.60 Å². The standard InChI is InChI=1S/C24H25N4O5P/c1-15-10-11-19(13-16(15)2)28-23(30)22(17(3)26-28)25-27-24(34(31,32)33)12-6-7-18(14-24)20-8-4-5-9-21(20)29/h4-13,26,29H,14H2,1-3H3,(H2,31,32,33). The highest BCUT2D eigenvalue weighted by Gasteiger charge is 2.47. The molecule has 1 heterocycles. The Kier molecular flexibility index (Phi) is 6.03. The molecule has 34 heavy (non-hydrogen) atoms. The molecule has 1 unspecified atom stereocenters. The number of H-pyrrole nitrogens is 1. The van der Waals surface area contributed by atoms with Crippen LogP contribution in [0.4, 0.5) is 5.69 Å². The molecule has 0 bridgehead atoms. The van der Waals surface area contributed by atoms with Crippen molar-refractivity contribution in [2.24, 2.45) is 10.2 Å². The number of allylic oxidation sites excluding steroid dienone is 2. The molecule has 0 amide bonds. The quantitative estimate of drug-likeness (QED) is 0.307. The topological polar surface area (TPSA) is 140 Å². The molecule has 3 aromatic rings. The Morgan fingerprint density at radius 2 is 1.82 bits per heavy atom. The second kappa shape index (κ2) is 8.68. The number of azo groups is 1. The molecule has 0 radical (unpaired) electrons. The number of nitrogens with one attached hydrogen (secondary N) is 1. The Morgan fingerprint density at radius 3 is 2.50 bits per heavy atom. The Labute approximate surface area is 196 Å². The minimum absolute atomic E-state index is 0.0154. The molecule has 0 fully saturated rings. The van der Waals surface area contributed by atoms with Crippen molar-refractivity contribution in [3.05, 3.63) is 93.4 Å². The Balaban J connectivity index is 1.75. The average Bonchev–Trinajstić information content (AvgIpc) is 3.07. The van der Waals surface area contributed by atoms with Gasteiger partial charge in [0.05, 0.1) is 11.4 Å². The summed E-state index contributed by atoms with van der Waals surface area (Å²) in [6.45, 7) is 5.55. The van der Waals surface area contributed by atoms with Gasteiger partial charge in [0.25, 0.3) is 5.56 Å². The minimum Gasteiger partial charge on any atom is -0.507 e. The fourth-order valence-electron chi connectivity index (χ4n) is 3.81. The number of aromatic hydroxyl groups is 1. The van der Waals surface area contributed by atoms with Crippen LogP contribution in [0.5, 0.6) is 5.75 Å². The number of benzene rings is 2. The van der Waals surface area contributed by atoms with E-state index < -0.39 is 18.4 Å². The Hall–Kier alpha value is -3.52. The van der Waals surface area contributed by atoms with Gasteiger partial charge in [-0.15, -0.1) is 5.11 Å². The maximum absolute atomic E-state index is 13.1. The fraction of sp³-hybridized carbons (Fsp3) is 0.208. The Morgan fingerprint density at radius 1 is 1.09 bits per heavy atom. The molecule has 0 aliphatic heterocycles. The first-order valence-corrected chi connectivity index (χ1v) is 12.2. The first-order chi connectivity index (χ1) is 16.0. The van der Waals surface area contributed by atoms with Crippen LogP contribution in [0.25, 0.3) is 11.3 Å². The molecule has 176 valence electrons. The van der Waals surface area contributed by atoms with Gasteiger partial charge in [-0.2, -0.15) is 5.11 Å². The van der Waals surface area contributed by atoms with E-state index in [1.165, 1.54) is 22.9 Å². The van der Waals surface area contributed by atoms with E-state index in [-0.39, 0.29) is 17.9 Å². The molecule has 1 aliphatic carbocycles. The summed E-state index contributed by atoms with van der Waals surface area (Å²) in [6.07, 6.45) is 4.21. The summed E-state index contributed by atoms with van der Waals surface area (Å²) < 4.78 is 13.9. The van der Waals surface area contributed by atoms with Gasteiger partial charge in [-0.3, -0.25) is 14.5 Å². The molecule has 2 aromatic carbocycles. The lowest BCUT2D eigenvalue weighted by atomic mass is 9.93. The number of rotatable bonds is 5. The van der Waals surface area contributed by atoms with Crippen LogP contribution in [-0.4, -0.2) is 30.0 Å². The number of phenolic OH excluding ortho intramolecular Hbond substituents is 1. The van der Waals surface area contributed by atoms with Crippen LogP contribution in [0.2, 0.25) is 0 Å². The van der Waals surface area contributed by atoms with Crippen LogP contribution in [0.1, 0.15) is 28.8 Å². The molecule has 4 rings (SSSR count). The number of aromatic nitrogens is 2. The molecule has 1 atom stereocenters. The van der Waals surface area contributed by atoms with Crippen LogP contribution in [0.3, 0.4) is 0 Å². The summed E-state index contributed by atoms with van der Waals surface area (Å²) in [5.74, 6) is -0.0154. The summed E-state index contributed by atoms with van der Waals surface area (Å²) in [5, 5.41) is 19.2. The van der Waals surface area contributed by atoms with E-state index in [1.807, 2.05) is 26.0 Å². The maximum atomic E-state index is 13.1. The average molecular weight is 480 g/mol. The molecule has 9 nitrogen and oxygen atoms in total. The first kappa shape index (κ1) is 23.6. The molecule has 4 N–H and O–H groups in total. The van der Waals surface area contributed by atoms with Gasteiger partial charge in [-0.1, -0.05) is 36.4 Å². The van der Waals surface area contributed by atoms with Gasteiger partial charge < -0.3 is 14.9 Å². The van der Waals surface area contributed by atoms with Crippen molar-refractivity contribution in [1.82, 2.24) is 9.78 Å². The van der Waals surface area contributed by atoms with E-state index in [9.17, 15) is 24.3 Å². The lowest BCUT2D eigenvalue weighted by Crippen LogP contribution is -2.25. The number of hydrogen-bond donors (Lipinski definition) is 4. The minimum atomic E-state index is -4.86. The predicted octanol–water partition coefficient (Wildman–Crippen LogP) is 4.80. The fourth-order valence-corrected chi connectivity index (χ4v) is 4.63. The highest BCUT2D eigenvalue weighted by molar-refractivity contribution is 7.53. The number of phenols is 1. The highest BCUT2D eigenvalue weighted by atomic mass is 31.2. The third kappa shape index (κ3) is 4.21. The number of nitrogens with zero attached hydrogens (tertiary/aromatic N) is 3. The Bertz CT molecular complexity index is 1460. The lowest BCUT2D eigenvalue weighted by molar-refractivity contribution is 0.339. The van der Waals surface area contributed by atoms with Gasteiger partial charge in [0.2, 0.25) is 5.28 Å². The molecule has 1 aliphatic rings. The molecule has 10 heteroatoms. The zero-order chi connectivity index (χ0) is 24.7. The number of para-hydroxylation sites is 1. The summed E-state index contributed by atoms with van der Waals surface area (Å²) >= 11 is 0. The third-order valence-electron chi connectivity index (χ3n) is 5.98. The van der Waals surface area contributed by atoms with Crippen LogP contribution < -0.4 is 5.56 Å². The number of hydrogen-bond acceptors (Lipinski definition) is 5. The van der Waals surface area contributed by atoms with Gasteiger partial charge in [0, 0.05) is 12.0 Å². The second-order valence-electron chi connectivity index (χ2n) is 8.36. The molecule has 0 saturated heterocycles. The zero-order valence-corrected chi connectivity index (χ0v) is 19.8. The summed E-state index contributed by atoms with van der Waals surface area (Å²) in [7, 11) is -4.86. The highest BCUT2D eigenvalue weighted by Crippen LogP contribution is 2.58. The summed E-state index contributed by atoms with van der Waals surface area (Å²) in [6, 6.07) is 12.1. The van der Waals surface area contributed by atoms with Gasteiger partial charge in [-0.25, -0.2) is 4.68 Å². The van der Waals surface area contributed by atoms with Gasteiger partial charge >= 0.3 is 7.60 Å². The smallest absolute Gasteiger partial charge is 0.359 e. The van der Waals surface area contributed by atoms with E-state index >= 15 is 0 Å². The normalized spacial score (nSPS) is 18.4. The first-order valence-electron chi connectivity index (χ1n) is 10.6. The summed E-state index contributed by atoms with van der Waals surface area (Å²) in [4.78, 5) is 33.5. The van der Waals surface area contributed by atoms with Crippen molar-refractivity contribution in [2.45, 2.75) is 32.5 Å². The molecule has 0 saturated carbocycles. The summed E-state index contributed by atoms with van der Waals surface area (Å²) in [5.41, 5.74) is 3.52. The van der Waals surface area contributed by atoms with Crippen LogP contribution in [0, 0.1) is 20.8 Å². The second-order valence-corrected chi connectivity index (χ2v) is 10.2. The van der Waals surface area contributed by atoms with E-state index in [0.717, 1.165) is 11.1 Å². The monoisotopic (exact) mass is 480 g/mol. The van der Waals surface area contributed by atoms with Crippen LogP contribution in [0.15, 0.2) is 75.7 Å². The van der Waals surface area contributed by atoms with Crippen molar-refractivity contribution in [1.29, 1.82) is 0 Å². The predicted molar refractivity (Wildman–Crippen MR) is 130 cm³/mol. The van der Waals surface area contributed by atoms with Crippen LogP contribution in [-0.2, 0) is 4.57 Å². The van der Waals surface area contributed by atoms with Crippen molar-refractivity contribution in [2.75, 3.05) is 0 Å². The molecule has 0 spiro atoms. The number of aromatic amines is 1. The van der Waals surface area contributed by atoms with Gasteiger partial charge in [0.1, 0.15) is 5.75 Å². The number of aryl methyl sites for hydroxylation is 3. The SMILES string of the molecule is Cc1ccc(-n2[nH]c(C)c(N=NC3(P(=O)(O)O)C=CC=C(c4ccccc4O)C3)c2=O)cc1C. The molecular weight excluding hydrogens is 455 g/mol. The largest absolute Gasteiger partial charge is 0.507 e. The van der Waals surface area contributed by atoms with Gasteiger partial charge in [-0.05, 0) is 61.7 Å². The van der Waals surface area contributed by atoms with Crippen molar-refractivity contribution in [3.8, 4) is 11.4 Å². The third-order valence-corrected chi connectivity index (χ3v) is 7.38. The maximum Gasteiger partial charge on any atom is 0.359 e. The van der Waals surface area contributed by atoms with E-state index in [0.29, 0.717) is 22.5 Å². The van der Waals surface area contributed by atoms with E-state index in [4.69, 9.17) is 0 Å². The zero-order valence-electron chi connectivity index (χ0n) is 18.9. The van der Waals surface area contributed by atoms with Crippen molar-refractivity contribution < 1.29 is 19.5 Å². The van der Waals surface area contributed by atoms with Crippen molar-refractivity contribution in [3.63, 3.8) is 0 Å². The van der Waals surface area contributed by atoms with E-state index in [2.05, 4.69) is 15.3 Å². The van der Waals surface area contributed by atoms with Crippen molar-refractivity contribution >= 4 is 18.9 Å². The molecular formula is C24H25N4O5P.